The molecule has 0 saturated carbocycles. The van der Waals surface area contributed by atoms with Crippen LogP contribution in [-0.4, -0.2) is 46.5 Å². The first-order valence-corrected chi connectivity index (χ1v) is 3.15. The SMILES string of the molecule is O=NC1C(O)OC(CO)C1O. The van der Waals surface area contributed by atoms with Gasteiger partial charge in [-0.3, -0.25) is 0 Å². The van der Waals surface area contributed by atoms with E-state index in [1.54, 1.807) is 0 Å². The molecule has 0 aromatic heterocycles. The molecule has 0 amide bonds. The molecular weight excluding hydrogens is 154 g/mol. The van der Waals surface area contributed by atoms with E-state index < -0.39 is 31.1 Å². The van der Waals surface area contributed by atoms with Crippen molar-refractivity contribution in [2.45, 2.75) is 24.5 Å². The minimum absolute atomic E-state index is 0.440. The summed E-state index contributed by atoms with van der Waals surface area (Å²) in [6.07, 6.45) is -3.53. The fraction of sp³-hybridized carbons (Fsp3) is 1.00. The van der Waals surface area contributed by atoms with Crippen LogP contribution in [0.3, 0.4) is 0 Å². The van der Waals surface area contributed by atoms with Crippen molar-refractivity contribution in [2.24, 2.45) is 5.18 Å². The third kappa shape index (κ3) is 1.38. The van der Waals surface area contributed by atoms with Crippen molar-refractivity contribution >= 4 is 0 Å². The summed E-state index contributed by atoms with van der Waals surface area (Å²) in [4.78, 5) is 9.96. The van der Waals surface area contributed by atoms with E-state index in [9.17, 15) is 4.91 Å². The van der Waals surface area contributed by atoms with Crippen LogP contribution in [0.25, 0.3) is 0 Å². The molecule has 0 spiro atoms. The molecule has 0 aromatic rings. The number of nitrogens with zero attached hydrogens (tertiary/aromatic N) is 1. The largest absolute Gasteiger partial charge is 0.394 e. The van der Waals surface area contributed by atoms with Crippen LogP contribution in [0.1, 0.15) is 0 Å². The number of hydrogen-bond donors (Lipinski definition) is 3. The highest BCUT2D eigenvalue weighted by Crippen LogP contribution is 2.21. The lowest BCUT2D eigenvalue weighted by Crippen LogP contribution is -2.32. The molecular formula is C5H9NO5. The molecule has 4 atom stereocenters. The Kier molecular flexibility index (Phi) is 2.50. The molecule has 0 aliphatic carbocycles. The molecule has 6 heteroatoms. The van der Waals surface area contributed by atoms with E-state index in [0.717, 1.165) is 0 Å². The van der Waals surface area contributed by atoms with E-state index in [4.69, 9.17) is 15.3 Å². The summed E-state index contributed by atoms with van der Waals surface area (Å²) in [5.41, 5.74) is 0. The highest BCUT2D eigenvalue weighted by Gasteiger charge is 2.43. The second-order valence-corrected chi connectivity index (χ2v) is 2.33. The Morgan fingerprint density at radius 1 is 1.45 bits per heavy atom. The third-order valence-electron chi connectivity index (χ3n) is 1.64. The highest BCUT2D eigenvalue weighted by molar-refractivity contribution is 4.90. The van der Waals surface area contributed by atoms with Gasteiger partial charge >= 0.3 is 0 Å². The van der Waals surface area contributed by atoms with Crippen molar-refractivity contribution < 1.29 is 20.1 Å². The number of aliphatic hydroxyl groups is 3. The van der Waals surface area contributed by atoms with Crippen molar-refractivity contribution in [3.63, 3.8) is 0 Å². The molecule has 64 valence electrons. The number of hydrogen-bond acceptors (Lipinski definition) is 6. The zero-order chi connectivity index (χ0) is 8.43. The van der Waals surface area contributed by atoms with Gasteiger partial charge in [-0.2, -0.15) is 4.91 Å². The Morgan fingerprint density at radius 3 is 2.36 bits per heavy atom. The Labute approximate surface area is 62.4 Å². The summed E-state index contributed by atoms with van der Waals surface area (Å²) in [6, 6.07) is -1.19. The lowest BCUT2D eigenvalue weighted by molar-refractivity contribution is -0.110. The van der Waals surface area contributed by atoms with Gasteiger partial charge in [0.15, 0.2) is 12.3 Å². The van der Waals surface area contributed by atoms with E-state index >= 15 is 0 Å². The van der Waals surface area contributed by atoms with Crippen molar-refractivity contribution in [3.8, 4) is 0 Å². The van der Waals surface area contributed by atoms with Crippen LogP contribution in [0.4, 0.5) is 0 Å². The predicted molar refractivity (Wildman–Crippen MR) is 33.6 cm³/mol. The summed E-state index contributed by atoms with van der Waals surface area (Å²) in [7, 11) is 0. The lowest BCUT2D eigenvalue weighted by Gasteiger charge is -2.08. The average molecular weight is 163 g/mol. The van der Waals surface area contributed by atoms with Gasteiger partial charge in [0.2, 0.25) is 0 Å². The van der Waals surface area contributed by atoms with E-state index in [0.29, 0.717) is 0 Å². The highest BCUT2D eigenvalue weighted by atomic mass is 16.6. The second kappa shape index (κ2) is 3.22. The summed E-state index contributed by atoms with van der Waals surface area (Å²) in [5, 5.41) is 28.9. The van der Waals surface area contributed by atoms with Gasteiger partial charge in [-0.25, -0.2) is 0 Å². The zero-order valence-corrected chi connectivity index (χ0v) is 5.62. The standard InChI is InChI=1S/C5H9NO5/c7-1-2-4(8)3(6-10)5(9)11-2/h2-5,7-9H,1H2. The molecule has 1 rings (SSSR count). The fourth-order valence-electron chi connectivity index (χ4n) is 0.994. The Balaban J connectivity index is 2.62. The van der Waals surface area contributed by atoms with Gasteiger partial charge in [0.25, 0.3) is 0 Å². The Bertz CT molecular complexity index is 152. The van der Waals surface area contributed by atoms with Crippen LogP contribution in [0, 0.1) is 4.91 Å². The summed E-state index contributed by atoms with van der Waals surface area (Å²) in [5.74, 6) is 0. The van der Waals surface area contributed by atoms with Gasteiger partial charge in [0.05, 0.1) is 6.61 Å². The second-order valence-electron chi connectivity index (χ2n) is 2.33. The van der Waals surface area contributed by atoms with Crippen LogP contribution in [0.5, 0.6) is 0 Å². The molecule has 11 heavy (non-hydrogen) atoms. The fourth-order valence-corrected chi connectivity index (χ4v) is 0.994. The summed E-state index contributed by atoms with van der Waals surface area (Å²) >= 11 is 0. The van der Waals surface area contributed by atoms with Crippen LogP contribution in [0.2, 0.25) is 0 Å². The lowest BCUT2D eigenvalue weighted by atomic mass is 10.1. The van der Waals surface area contributed by atoms with Gasteiger partial charge < -0.3 is 20.1 Å². The molecule has 0 aromatic carbocycles. The molecule has 1 aliphatic heterocycles. The van der Waals surface area contributed by atoms with Gasteiger partial charge in [-0.15, -0.1) is 0 Å². The molecule has 3 N–H and O–H groups in total. The third-order valence-corrected chi connectivity index (χ3v) is 1.64. The number of rotatable bonds is 2. The van der Waals surface area contributed by atoms with Gasteiger partial charge in [-0.05, 0) is 0 Å². The molecule has 4 unspecified atom stereocenters. The van der Waals surface area contributed by atoms with Crippen LogP contribution in [-0.2, 0) is 4.74 Å². The first-order chi connectivity index (χ1) is 5.20. The minimum atomic E-state index is -1.40. The summed E-state index contributed by atoms with van der Waals surface area (Å²) < 4.78 is 4.59. The summed E-state index contributed by atoms with van der Waals surface area (Å²) in [6.45, 7) is -0.440. The molecule has 0 radical (unpaired) electrons. The van der Waals surface area contributed by atoms with Crippen molar-refractivity contribution in [1.29, 1.82) is 0 Å². The topological polar surface area (TPSA) is 99.4 Å². The first kappa shape index (κ1) is 8.54. The smallest absolute Gasteiger partial charge is 0.183 e. The van der Waals surface area contributed by atoms with Gasteiger partial charge in [0.1, 0.15) is 12.2 Å². The first-order valence-electron chi connectivity index (χ1n) is 3.15. The maximum absolute atomic E-state index is 9.96. The molecule has 1 heterocycles. The molecule has 1 saturated heterocycles. The average Bonchev–Trinajstić information content (AvgIpc) is 2.26. The van der Waals surface area contributed by atoms with Crippen molar-refractivity contribution in [3.05, 3.63) is 4.91 Å². The van der Waals surface area contributed by atoms with E-state index in [1.807, 2.05) is 0 Å². The van der Waals surface area contributed by atoms with E-state index in [2.05, 4.69) is 9.91 Å². The minimum Gasteiger partial charge on any atom is -0.394 e. The van der Waals surface area contributed by atoms with Gasteiger partial charge in [0, 0.05) is 0 Å². The maximum Gasteiger partial charge on any atom is 0.183 e. The van der Waals surface area contributed by atoms with Crippen molar-refractivity contribution in [2.75, 3.05) is 6.61 Å². The van der Waals surface area contributed by atoms with E-state index in [1.165, 1.54) is 0 Å². The number of nitroso groups, excluding NO2 is 1. The monoisotopic (exact) mass is 163 g/mol. The van der Waals surface area contributed by atoms with Crippen molar-refractivity contribution in [1.82, 2.24) is 0 Å². The Hall–Kier alpha value is -0.560. The number of aliphatic hydroxyl groups excluding tert-OH is 3. The van der Waals surface area contributed by atoms with Crippen LogP contribution < -0.4 is 0 Å². The Morgan fingerprint density at radius 2 is 2.09 bits per heavy atom. The van der Waals surface area contributed by atoms with E-state index in [-0.39, 0.29) is 0 Å². The van der Waals surface area contributed by atoms with Crippen LogP contribution in [0.15, 0.2) is 5.18 Å². The molecule has 1 aliphatic rings. The number of ether oxygens (including phenoxy) is 1. The van der Waals surface area contributed by atoms with Gasteiger partial charge in [-0.1, -0.05) is 5.18 Å². The molecule has 6 nitrogen and oxygen atoms in total. The molecule has 0 bridgehead atoms. The quantitative estimate of drug-likeness (QED) is 0.417. The zero-order valence-electron chi connectivity index (χ0n) is 5.62. The van der Waals surface area contributed by atoms with Crippen LogP contribution >= 0.6 is 0 Å². The normalized spacial score (nSPS) is 44.3. The maximum atomic E-state index is 9.96. The predicted octanol–water partition coefficient (Wildman–Crippen LogP) is -1.81. The molecule has 1 fully saturated rings.